The van der Waals surface area contributed by atoms with Crippen molar-refractivity contribution in [3.8, 4) is 10.4 Å². The van der Waals surface area contributed by atoms with Gasteiger partial charge in [-0.15, -0.1) is 0 Å². The molecule has 0 atom stereocenters. The van der Waals surface area contributed by atoms with E-state index in [1.807, 2.05) is 0 Å². The number of benzene rings is 1. The minimum Gasteiger partial charge on any atom is -0.383 e. The number of nitrogens with zero attached hydrogens (tertiary/aromatic N) is 1. The molecule has 0 saturated carbocycles. The second kappa shape index (κ2) is 6.26. The third kappa shape index (κ3) is 3.28. The number of hydrogen-bond donors (Lipinski definition) is 1. The molecule has 0 radical (unpaired) electrons. The molecule has 0 spiro atoms. The summed E-state index contributed by atoms with van der Waals surface area (Å²) in [6.07, 6.45) is 1.78. The van der Waals surface area contributed by atoms with E-state index in [1.54, 1.807) is 19.4 Å². The fourth-order valence-electron chi connectivity index (χ4n) is 1.43. The number of rotatable bonds is 5. The van der Waals surface area contributed by atoms with Crippen LogP contribution in [0.4, 0.5) is 9.52 Å². The molecule has 2 aromatic rings. The van der Waals surface area contributed by atoms with Crippen LogP contribution in [0.5, 0.6) is 0 Å². The average Bonchev–Trinajstić information content (AvgIpc) is 2.78. The molecule has 0 aliphatic rings. The lowest BCUT2D eigenvalue weighted by Crippen LogP contribution is -2.06. The molecule has 3 nitrogen and oxygen atoms in total. The smallest absolute Gasteiger partial charge is 0.183 e. The molecular formula is C12H12BrFN2OS. The second-order valence-electron chi connectivity index (χ2n) is 3.57. The maximum Gasteiger partial charge on any atom is 0.183 e. The van der Waals surface area contributed by atoms with Crippen LogP contribution in [0.1, 0.15) is 0 Å². The summed E-state index contributed by atoms with van der Waals surface area (Å²) in [5.74, 6) is -0.256. The Balaban J connectivity index is 2.13. The molecule has 0 aliphatic carbocycles. The normalized spacial score (nSPS) is 10.6. The number of ether oxygens (including phenoxy) is 1. The van der Waals surface area contributed by atoms with Gasteiger partial charge in [-0.25, -0.2) is 9.37 Å². The molecule has 0 bridgehead atoms. The number of aromatic nitrogens is 1. The monoisotopic (exact) mass is 330 g/mol. The summed E-state index contributed by atoms with van der Waals surface area (Å²) >= 11 is 4.88. The Morgan fingerprint density at radius 3 is 3.06 bits per heavy atom. The molecule has 96 valence electrons. The van der Waals surface area contributed by atoms with E-state index in [0.29, 0.717) is 13.2 Å². The van der Waals surface area contributed by atoms with Crippen molar-refractivity contribution in [1.82, 2.24) is 4.98 Å². The summed E-state index contributed by atoms with van der Waals surface area (Å²) in [7, 11) is 1.66. The highest BCUT2D eigenvalue weighted by molar-refractivity contribution is 9.10. The van der Waals surface area contributed by atoms with Gasteiger partial charge >= 0.3 is 0 Å². The summed E-state index contributed by atoms with van der Waals surface area (Å²) < 4.78 is 18.7. The Morgan fingerprint density at radius 2 is 2.33 bits per heavy atom. The van der Waals surface area contributed by atoms with Gasteiger partial charge in [0.1, 0.15) is 5.82 Å². The van der Waals surface area contributed by atoms with E-state index in [4.69, 9.17) is 4.74 Å². The van der Waals surface area contributed by atoms with Gasteiger partial charge < -0.3 is 10.1 Å². The number of halogens is 2. The summed E-state index contributed by atoms with van der Waals surface area (Å²) in [6.45, 7) is 1.35. The van der Waals surface area contributed by atoms with Crippen LogP contribution in [0.15, 0.2) is 28.9 Å². The van der Waals surface area contributed by atoms with Gasteiger partial charge in [0.15, 0.2) is 5.13 Å². The van der Waals surface area contributed by atoms with Gasteiger partial charge in [0.25, 0.3) is 0 Å². The zero-order valence-electron chi connectivity index (χ0n) is 9.74. The lowest BCUT2D eigenvalue weighted by Gasteiger charge is -2.01. The van der Waals surface area contributed by atoms with Gasteiger partial charge in [0, 0.05) is 29.9 Å². The van der Waals surface area contributed by atoms with Crippen LogP contribution in [-0.2, 0) is 4.74 Å². The highest BCUT2D eigenvalue weighted by atomic mass is 79.9. The maximum atomic E-state index is 13.0. The molecule has 1 aromatic carbocycles. The van der Waals surface area contributed by atoms with E-state index in [0.717, 1.165) is 20.0 Å². The summed E-state index contributed by atoms with van der Waals surface area (Å²) in [5, 5.41) is 3.99. The predicted octanol–water partition coefficient (Wildman–Crippen LogP) is 3.77. The Hall–Kier alpha value is -0.980. The molecule has 1 heterocycles. The zero-order valence-corrected chi connectivity index (χ0v) is 12.1. The molecule has 0 amide bonds. The van der Waals surface area contributed by atoms with E-state index in [2.05, 4.69) is 26.2 Å². The lowest BCUT2D eigenvalue weighted by atomic mass is 10.2. The van der Waals surface area contributed by atoms with Crippen molar-refractivity contribution in [1.29, 1.82) is 0 Å². The summed E-state index contributed by atoms with van der Waals surface area (Å²) in [4.78, 5) is 5.25. The molecule has 1 aromatic heterocycles. The molecule has 0 unspecified atom stereocenters. The molecule has 6 heteroatoms. The van der Waals surface area contributed by atoms with Crippen molar-refractivity contribution in [2.75, 3.05) is 25.6 Å². The standard InChI is InChI=1S/C12H12BrFN2OS/c1-17-5-4-15-12-16-7-11(18-12)9-3-2-8(14)6-10(9)13/h2-3,6-7H,4-5H2,1H3,(H,15,16). The van der Waals surface area contributed by atoms with E-state index < -0.39 is 0 Å². The first-order chi connectivity index (χ1) is 8.70. The highest BCUT2D eigenvalue weighted by Gasteiger charge is 2.08. The largest absolute Gasteiger partial charge is 0.383 e. The first kappa shape index (κ1) is 13.5. The van der Waals surface area contributed by atoms with Crippen LogP contribution < -0.4 is 5.32 Å². The highest BCUT2D eigenvalue weighted by Crippen LogP contribution is 2.34. The van der Waals surface area contributed by atoms with Gasteiger partial charge in [0.05, 0.1) is 11.5 Å². The van der Waals surface area contributed by atoms with Crippen LogP contribution in [-0.4, -0.2) is 25.2 Å². The lowest BCUT2D eigenvalue weighted by molar-refractivity contribution is 0.211. The van der Waals surface area contributed by atoms with Gasteiger partial charge in [-0.2, -0.15) is 0 Å². The first-order valence-electron chi connectivity index (χ1n) is 5.35. The number of anilines is 1. The van der Waals surface area contributed by atoms with Crippen LogP contribution in [0.25, 0.3) is 10.4 Å². The van der Waals surface area contributed by atoms with E-state index >= 15 is 0 Å². The zero-order chi connectivity index (χ0) is 13.0. The molecular weight excluding hydrogens is 319 g/mol. The fourth-order valence-corrected chi connectivity index (χ4v) is 3.01. The minimum atomic E-state index is -0.256. The maximum absolute atomic E-state index is 13.0. The fraction of sp³-hybridized carbons (Fsp3) is 0.250. The number of hydrogen-bond acceptors (Lipinski definition) is 4. The topological polar surface area (TPSA) is 34.1 Å². The number of thiazole rings is 1. The van der Waals surface area contributed by atoms with Gasteiger partial charge in [-0.3, -0.25) is 0 Å². The van der Waals surface area contributed by atoms with Gasteiger partial charge in [-0.1, -0.05) is 27.3 Å². The van der Waals surface area contributed by atoms with Crippen molar-refractivity contribution >= 4 is 32.4 Å². The Kier molecular flexibility index (Phi) is 4.68. The molecule has 0 saturated heterocycles. The van der Waals surface area contributed by atoms with E-state index in [1.165, 1.54) is 23.5 Å². The van der Waals surface area contributed by atoms with Crippen LogP contribution in [0.2, 0.25) is 0 Å². The Bertz CT molecular complexity index is 533. The van der Waals surface area contributed by atoms with E-state index in [9.17, 15) is 4.39 Å². The third-order valence-corrected chi connectivity index (χ3v) is 3.93. The SMILES string of the molecule is COCCNc1ncc(-c2ccc(F)cc2Br)s1. The minimum absolute atomic E-state index is 0.256. The quantitative estimate of drug-likeness (QED) is 0.847. The van der Waals surface area contributed by atoms with Gasteiger partial charge in [0.2, 0.25) is 0 Å². The average molecular weight is 331 g/mol. The molecule has 0 fully saturated rings. The van der Waals surface area contributed by atoms with Crippen molar-refractivity contribution in [3.05, 3.63) is 34.7 Å². The third-order valence-electron chi connectivity index (χ3n) is 2.28. The number of nitrogens with one attached hydrogen (secondary N) is 1. The summed E-state index contributed by atoms with van der Waals surface area (Å²) in [5.41, 5.74) is 0.939. The van der Waals surface area contributed by atoms with Gasteiger partial charge in [-0.05, 0) is 18.2 Å². The molecule has 0 aliphatic heterocycles. The first-order valence-corrected chi connectivity index (χ1v) is 6.95. The van der Waals surface area contributed by atoms with Crippen LogP contribution in [0.3, 0.4) is 0 Å². The van der Waals surface area contributed by atoms with Crippen molar-refractivity contribution in [3.63, 3.8) is 0 Å². The second-order valence-corrected chi connectivity index (χ2v) is 5.46. The number of methoxy groups -OCH3 is 1. The van der Waals surface area contributed by atoms with Crippen LogP contribution >= 0.6 is 27.3 Å². The van der Waals surface area contributed by atoms with Crippen molar-refractivity contribution in [2.45, 2.75) is 0 Å². The Morgan fingerprint density at radius 1 is 1.50 bits per heavy atom. The van der Waals surface area contributed by atoms with E-state index in [-0.39, 0.29) is 5.82 Å². The van der Waals surface area contributed by atoms with Crippen LogP contribution in [0, 0.1) is 5.82 Å². The Labute approximate surface area is 117 Å². The summed E-state index contributed by atoms with van der Waals surface area (Å²) in [6, 6.07) is 4.64. The predicted molar refractivity (Wildman–Crippen MR) is 75.6 cm³/mol. The molecule has 18 heavy (non-hydrogen) atoms. The molecule has 1 N–H and O–H groups in total. The van der Waals surface area contributed by atoms with Crippen molar-refractivity contribution < 1.29 is 9.13 Å². The molecule has 2 rings (SSSR count). The van der Waals surface area contributed by atoms with Crippen molar-refractivity contribution in [2.24, 2.45) is 0 Å².